The van der Waals surface area contributed by atoms with Gasteiger partial charge in [-0.2, -0.15) is 0 Å². The fourth-order valence-corrected chi connectivity index (χ4v) is 2.21. The van der Waals surface area contributed by atoms with Crippen molar-refractivity contribution in [1.29, 1.82) is 0 Å². The first-order valence-electron chi connectivity index (χ1n) is 11.1. The minimum absolute atomic E-state index is 0.0547. The van der Waals surface area contributed by atoms with E-state index in [-0.39, 0.29) is 26.2 Å². The van der Waals surface area contributed by atoms with Crippen molar-refractivity contribution in [3.05, 3.63) is 74.9 Å². The van der Waals surface area contributed by atoms with E-state index in [9.17, 15) is 28.8 Å². The van der Waals surface area contributed by atoms with Gasteiger partial charge in [0.15, 0.2) is 6.10 Å². The molecule has 0 aromatic rings. The Morgan fingerprint density at radius 3 is 1.39 bits per heavy atom. The second-order valence-electron chi connectivity index (χ2n) is 6.85. The molecule has 38 heavy (non-hydrogen) atoms. The van der Waals surface area contributed by atoms with Crippen LogP contribution in [0.2, 0.25) is 0 Å². The summed E-state index contributed by atoms with van der Waals surface area (Å²) in [4.78, 5) is 68.8. The highest BCUT2D eigenvalue weighted by molar-refractivity contribution is 5.85. The molecule has 206 valence electrons. The van der Waals surface area contributed by atoms with Gasteiger partial charge in [0.2, 0.25) is 0 Å². The maximum atomic E-state index is 11.9. The molecule has 2 atom stereocenters. The Kier molecular flexibility index (Phi) is 17.9. The summed E-state index contributed by atoms with van der Waals surface area (Å²) in [5, 5.41) is 0. The molecule has 2 unspecified atom stereocenters. The lowest BCUT2D eigenvalue weighted by atomic mass is 10.2. The van der Waals surface area contributed by atoms with E-state index >= 15 is 0 Å². The fraction of sp³-hybridized carbons (Fsp3) is 0.308. The first kappa shape index (κ1) is 33.3. The zero-order valence-electron chi connectivity index (χ0n) is 20.7. The molecule has 0 spiro atoms. The molecule has 0 rings (SSSR count). The number of carbonyl (C=O) groups excluding carboxylic acids is 6. The first-order chi connectivity index (χ1) is 18.1. The summed E-state index contributed by atoms with van der Waals surface area (Å²) in [7, 11) is 0. The van der Waals surface area contributed by atoms with Crippen molar-refractivity contribution in [2.75, 3.05) is 26.4 Å². The lowest BCUT2D eigenvalue weighted by Gasteiger charge is -2.16. The van der Waals surface area contributed by atoms with E-state index < -0.39 is 54.6 Å². The molecular formula is C26H30O12. The third kappa shape index (κ3) is 17.7. The minimum Gasteiger partial charge on any atom is -0.463 e. The van der Waals surface area contributed by atoms with Gasteiger partial charge in [0.05, 0.1) is 6.61 Å². The van der Waals surface area contributed by atoms with Crippen LogP contribution in [0.15, 0.2) is 74.9 Å². The van der Waals surface area contributed by atoms with E-state index in [1.807, 2.05) is 0 Å². The quantitative estimate of drug-likeness (QED) is 0.0776. The zero-order valence-corrected chi connectivity index (χ0v) is 20.7. The van der Waals surface area contributed by atoms with Crippen molar-refractivity contribution in [1.82, 2.24) is 0 Å². The fourth-order valence-electron chi connectivity index (χ4n) is 2.21. The van der Waals surface area contributed by atoms with Crippen LogP contribution in [0.5, 0.6) is 0 Å². The molecule has 0 heterocycles. The monoisotopic (exact) mass is 534 g/mol. The number of ether oxygens (including phenoxy) is 6. The largest absolute Gasteiger partial charge is 0.463 e. The highest BCUT2D eigenvalue weighted by atomic mass is 16.6. The molecule has 0 aromatic carbocycles. The van der Waals surface area contributed by atoms with Gasteiger partial charge in [-0.25, -0.2) is 28.8 Å². The smallest absolute Gasteiger partial charge is 0.330 e. The normalized spacial score (nSPS) is 11.9. The highest BCUT2D eigenvalue weighted by Gasteiger charge is 2.17. The summed E-state index contributed by atoms with van der Waals surface area (Å²) >= 11 is 0. The number of carbonyl (C=O) groups is 6. The Hall–Kier alpha value is -4.74. The Bertz CT molecular complexity index is 944. The molecule has 0 amide bonds. The summed E-state index contributed by atoms with van der Waals surface area (Å²) in [6.07, 6.45) is 6.82. The van der Waals surface area contributed by atoms with Crippen molar-refractivity contribution in [2.24, 2.45) is 0 Å². The maximum absolute atomic E-state index is 11.9. The lowest BCUT2D eigenvalue weighted by molar-refractivity contribution is -0.160. The van der Waals surface area contributed by atoms with Crippen LogP contribution < -0.4 is 0 Å². The minimum atomic E-state index is -1.08. The number of rotatable bonds is 19. The van der Waals surface area contributed by atoms with Crippen LogP contribution in [0.4, 0.5) is 0 Å². The molecule has 0 saturated carbocycles. The standard InChI is InChI=1S/C26H30O12/c1-5-21(27)33-15-11-12-19(37-23(29)7-3)16-35-25(31)13-9-10-14-26(32)36-18-20(38-24(30)8-4)17-34-22(28)6-2/h5-10,13-14,19-20H,1-4,11-12,15-18H2. The molecule has 0 aliphatic carbocycles. The molecule has 0 fully saturated rings. The molecular weight excluding hydrogens is 504 g/mol. The molecule has 0 radical (unpaired) electrons. The second kappa shape index (κ2) is 20.5. The molecule has 0 saturated heterocycles. The van der Waals surface area contributed by atoms with Crippen molar-refractivity contribution < 1.29 is 57.2 Å². The Balaban J connectivity index is 4.64. The lowest BCUT2D eigenvalue weighted by Crippen LogP contribution is -2.29. The van der Waals surface area contributed by atoms with Gasteiger partial charge in [0.1, 0.15) is 25.9 Å². The van der Waals surface area contributed by atoms with Gasteiger partial charge in [-0.1, -0.05) is 38.5 Å². The summed E-state index contributed by atoms with van der Waals surface area (Å²) in [5.74, 6) is -4.51. The summed E-state index contributed by atoms with van der Waals surface area (Å²) in [6.45, 7) is 12.0. The third-order valence-electron chi connectivity index (χ3n) is 3.96. The predicted molar refractivity (Wildman–Crippen MR) is 132 cm³/mol. The van der Waals surface area contributed by atoms with Crippen LogP contribution in [0.1, 0.15) is 12.8 Å². The molecule has 0 bridgehead atoms. The number of esters is 6. The molecule has 0 aromatic heterocycles. The molecule has 12 heteroatoms. The van der Waals surface area contributed by atoms with E-state index in [4.69, 9.17) is 28.4 Å². The van der Waals surface area contributed by atoms with Crippen LogP contribution >= 0.6 is 0 Å². The average Bonchev–Trinajstić information content (AvgIpc) is 2.92. The molecule has 0 N–H and O–H groups in total. The van der Waals surface area contributed by atoms with Crippen molar-refractivity contribution in [3.8, 4) is 0 Å². The number of hydrogen-bond acceptors (Lipinski definition) is 12. The Morgan fingerprint density at radius 2 is 0.921 bits per heavy atom. The zero-order chi connectivity index (χ0) is 28.8. The topological polar surface area (TPSA) is 158 Å². The van der Waals surface area contributed by atoms with E-state index in [1.165, 1.54) is 12.2 Å². The summed E-state index contributed by atoms with van der Waals surface area (Å²) < 4.78 is 29.6. The van der Waals surface area contributed by atoms with E-state index in [0.29, 0.717) is 6.42 Å². The second-order valence-corrected chi connectivity index (χ2v) is 6.85. The van der Waals surface area contributed by atoms with Gasteiger partial charge in [-0.3, -0.25) is 0 Å². The van der Waals surface area contributed by atoms with E-state index in [1.54, 1.807) is 0 Å². The van der Waals surface area contributed by atoms with Crippen molar-refractivity contribution in [3.63, 3.8) is 0 Å². The van der Waals surface area contributed by atoms with Gasteiger partial charge in [-0.05, 0) is 12.8 Å². The van der Waals surface area contributed by atoms with Gasteiger partial charge in [-0.15, -0.1) is 0 Å². The SMILES string of the molecule is C=CC(=O)OCCCC(COC(=O)C=CC=CC(=O)OCC(COC(=O)C=C)OC(=O)C=C)OC(=O)C=C. The van der Waals surface area contributed by atoms with Gasteiger partial charge in [0, 0.05) is 36.5 Å². The average molecular weight is 535 g/mol. The van der Waals surface area contributed by atoms with Crippen LogP contribution in [-0.4, -0.2) is 74.5 Å². The summed E-state index contributed by atoms with van der Waals surface area (Å²) in [6, 6.07) is 0. The molecule has 0 aliphatic heterocycles. The molecule has 12 nitrogen and oxygen atoms in total. The Labute approximate surface area is 219 Å². The first-order valence-corrected chi connectivity index (χ1v) is 11.1. The highest BCUT2D eigenvalue weighted by Crippen LogP contribution is 2.06. The van der Waals surface area contributed by atoms with Crippen molar-refractivity contribution >= 4 is 35.8 Å². The maximum Gasteiger partial charge on any atom is 0.330 e. The predicted octanol–water partition coefficient (Wildman–Crippen LogP) is 1.62. The van der Waals surface area contributed by atoms with Crippen molar-refractivity contribution in [2.45, 2.75) is 25.0 Å². The number of hydrogen-bond donors (Lipinski definition) is 0. The van der Waals surface area contributed by atoms with Gasteiger partial charge < -0.3 is 28.4 Å². The van der Waals surface area contributed by atoms with Crippen LogP contribution in [0.3, 0.4) is 0 Å². The van der Waals surface area contributed by atoms with Gasteiger partial charge >= 0.3 is 35.8 Å². The van der Waals surface area contributed by atoms with Crippen LogP contribution in [0, 0.1) is 0 Å². The van der Waals surface area contributed by atoms with Crippen LogP contribution in [-0.2, 0) is 57.2 Å². The number of allylic oxidation sites excluding steroid dienone is 2. The third-order valence-corrected chi connectivity index (χ3v) is 3.96. The van der Waals surface area contributed by atoms with E-state index in [2.05, 4.69) is 26.3 Å². The molecule has 0 aliphatic rings. The summed E-state index contributed by atoms with van der Waals surface area (Å²) in [5.41, 5.74) is 0. The van der Waals surface area contributed by atoms with Crippen LogP contribution in [0.25, 0.3) is 0 Å². The van der Waals surface area contributed by atoms with E-state index in [0.717, 1.165) is 36.5 Å². The Morgan fingerprint density at radius 1 is 0.526 bits per heavy atom. The van der Waals surface area contributed by atoms with Gasteiger partial charge in [0.25, 0.3) is 0 Å².